The van der Waals surface area contributed by atoms with Crippen molar-refractivity contribution in [2.45, 2.75) is 19.4 Å². The van der Waals surface area contributed by atoms with Crippen molar-refractivity contribution < 1.29 is 13.9 Å². The van der Waals surface area contributed by atoms with Crippen molar-refractivity contribution in [2.24, 2.45) is 5.73 Å². The molecule has 1 aromatic rings. The van der Waals surface area contributed by atoms with Crippen molar-refractivity contribution in [3.05, 3.63) is 29.6 Å². The summed E-state index contributed by atoms with van der Waals surface area (Å²) in [5.41, 5.74) is 6.43. The molecule has 1 atom stereocenters. The molecule has 0 aliphatic carbocycles. The maximum Gasteiger partial charge on any atom is 0.165 e. The Labute approximate surface area is 95.4 Å². The maximum atomic E-state index is 13.5. The van der Waals surface area contributed by atoms with Crippen molar-refractivity contribution in [2.75, 3.05) is 20.3 Å². The molecule has 1 rings (SSSR count). The Morgan fingerprint density at radius 2 is 2.12 bits per heavy atom. The van der Waals surface area contributed by atoms with E-state index in [9.17, 15) is 4.39 Å². The highest BCUT2D eigenvalue weighted by atomic mass is 19.1. The Bertz CT molecular complexity index is 329. The van der Waals surface area contributed by atoms with E-state index in [0.717, 1.165) is 6.42 Å². The molecule has 0 spiro atoms. The summed E-state index contributed by atoms with van der Waals surface area (Å²) in [6.07, 6.45) is 0.725. The number of halogens is 1. The average molecular weight is 227 g/mol. The number of hydrogen-bond acceptors (Lipinski definition) is 3. The summed E-state index contributed by atoms with van der Waals surface area (Å²) >= 11 is 0. The molecule has 0 heterocycles. The first kappa shape index (κ1) is 12.9. The Balaban J connectivity index is 2.69. The normalized spacial score (nSPS) is 12.5. The van der Waals surface area contributed by atoms with E-state index in [2.05, 4.69) is 0 Å². The van der Waals surface area contributed by atoms with Gasteiger partial charge in [-0.3, -0.25) is 0 Å². The third kappa shape index (κ3) is 3.47. The lowest BCUT2D eigenvalue weighted by Crippen LogP contribution is -2.10. The third-order valence-electron chi connectivity index (χ3n) is 2.23. The fourth-order valence-corrected chi connectivity index (χ4v) is 1.41. The van der Waals surface area contributed by atoms with Gasteiger partial charge < -0.3 is 15.2 Å². The van der Waals surface area contributed by atoms with Crippen molar-refractivity contribution in [1.82, 2.24) is 0 Å². The van der Waals surface area contributed by atoms with Crippen LogP contribution in [-0.2, 0) is 4.74 Å². The minimum atomic E-state index is -0.368. The van der Waals surface area contributed by atoms with Crippen molar-refractivity contribution >= 4 is 0 Å². The van der Waals surface area contributed by atoms with Gasteiger partial charge in [0.1, 0.15) is 0 Å². The first-order chi connectivity index (χ1) is 7.66. The molecule has 0 aromatic heterocycles. The summed E-state index contributed by atoms with van der Waals surface area (Å²) in [6, 6.07) is 4.54. The second kappa shape index (κ2) is 6.45. The standard InChI is InChI=1S/C12H18FNO2/c1-9(14)10-5-3-6-11(13)12(10)16-8-4-7-15-2/h3,5-6,9H,4,7-8,14H2,1-2H3/t9-/m0/s1. The molecular weight excluding hydrogens is 209 g/mol. The van der Waals surface area contributed by atoms with Crippen LogP contribution in [-0.4, -0.2) is 20.3 Å². The quantitative estimate of drug-likeness (QED) is 0.758. The molecule has 0 bridgehead atoms. The minimum Gasteiger partial charge on any atom is -0.490 e. The van der Waals surface area contributed by atoms with Crippen LogP contribution in [0.5, 0.6) is 5.75 Å². The van der Waals surface area contributed by atoms with Crippen LogP contribution < -0.4 is 10.5 Å². The highest BCUT2D eigenvalue weighted by Gasteiger charge is 2.12. The van der Waals surface area contributed by atoms with Crippen LogP contribution >= 0.6 is 0 Å². The zero-order chi connectivity index (χ0) is 12.0. The SMILES string of the molecule is COCCCOc1c(F)cccc1[C@H](C)N. The molecule has 0 saturated heterocycles. The highest BCUT2D eigenvalue weighted by Crippen LogP contribution is 2.26. The number of methoxy groups -OCH3 is 1. The summed E-state index contributed by atoms with van der Waals surface area (Å²) in [4.78, 5) is 0. The van der Waals surface area contributed by atoms with E-state index in [1.165, 1.54) is 6.07 Å². The summed E-state index contributed by atoms with van der Waals surface area (Å²) in [5.74, 6) is -0.110. The van der Waals surface area contributed by atoms with Crippen molar-refractivity contribution in [3.8, 4) is 5.75 Å². The van der Waals surface area contributed by atoms with Gasteiger partial charge in [-0.15, -0.1) is 0 Å². The molecule has 4 heteroatoms. The second-order valence-corrected chi connectivity index (χ2v) is 3.64. The molecular formula is C12H18FNO2. The molecule has 0 aliphatic heterocycles. The average Bonchev–Trinajstić information content (AvgIpc) is 2.25. The molecule has 2 N–H and O–H groups in total. The van der Waals surface area contributed by atoms with Gasteiger partial charge in [0.15, 0.2) is 11.6 Å². The van der Waals surface area contributed by atoms with Crippen LogP contribution in [0.1, 0.15) is 24.9 Å². The summed E-state index contributed by atoms with van der Waals surface area (Å²) in [6.45, 7) is 2.83. The fourth-order valence-electron chi connectivity index (χ4n) is 1.41. The van der Waals surface area contributed by atoms with Gasteiger partial charge in [-0.2, -0.15) is 0 Å². The highest BCUT2D eigenvalue weighted by molar-refractivity contribution is 5.36. The zero-order valence-corrected chi connectivity index (χ0v) is 9.70. The number of benzene rings is 1. The van der Waals surface area contributed by atoms with Gasteiger partial charge in [-0.25, -0.2) is 4.39 Å². The molecule has 0 amide bonds. The molecule has 1 aromatic carbocycles. The smallest absolute Gasteiger partial charge is 0.165 e. The number of rotatable bonds is 6. The molecule has 0 radical (unpaired) electrons. The Kier molecular flexibility index (Phi) is 5.22. The maximum absolute atomic E-state index is 13.5. The summed E-state index contributed by atoms with van der Waals surface area (Å²) < 4.78 is 23.8. The van der Waals surface area contributed by atoms with Gasteiger partial charge in [-0.1, -0.05) is 12.1 Å². The summed E-state index contributed by atoms with van der Waals surface area (Å²) in [7, 11) is 1.62. The van der Waals surface area contributed by atoms with Crippen LogP contribution in [0.15, 0.2) is 18.2 Å². The zero-order valence-electron chi connectivity index (χ0n) is 9.70. The van der Waals surface area contributed by atoms with Crippen molar-refractivity contribution in [1.29, 1.82) is 0 Å². The predicted molar refractivity (Wildman–Crippen MR) is 61.0 cm³/mol. The van der Waals surface area contributed by atoms with E-state index >= 15 is 0 Å². The number of para-hydroxylation sites is 1. The number of ether oxygens (including phenoxy) is 2. The van der Waals surface area contributed by atoms with E-state index in [4.69, 9.17) is 15.2 Å². The lowest BCUT2D eigenvalue weighted by Gasteiger charge is -2.14. The fraction of sp³-hybridized carbons (Fsp3) is 0.500. The predicted octanol–water partition coefficient (Wildman–Crippen LogP) is 2.26. The first-order valence-electron chi connectivity index (χ1n) is 5.32. The molecule has 0 aliphatic rings. The number of nitrogens with two attached hydrogens (primary N) is 1. The van der Waals surface area contributed by atoms with E-state index in [1.807, 2.05) is 0 Å². The molecule has 0 unspecified atom stereocenters. The largest absolute Gasteiger partial charge is 0.490 e. The summed E-state index contributed by atoms with van der Waals surface area (Å²) in [5, 5.41) is 0. The van der Waals surface area contributed by atoms with E-state index < -0.39 is 0 Å². The van der Waals surface area contributed by atoms with Gasteiger partial charge in [0, 0.05) is 31.7 Å². The Morgan fingerprint density at radius 3 is 2.75 bits per heavy atom. The molecule has 0 fully saturated rings. The van der Waals surface area contributed by atoms with Gasteiger partial charge in [0.2, 0.25) is 0 Å². The topological polar surface area (TPSA) is 44.5 Å². The number of hydrogen-bond donors (Lipinski definition) is 1. The van der Waals surface area contributed by atoms with Gasteiger partial charge in [0.05, 0.1) is 6.61 Å². The van der Waals surface area contributed by atoms with Crippen LogP contribution in [0.2, 0.25) is 0 Å². The Morgan fingerprint density at radius 1 is 1.38 bits per heavy atom. The van der Waals surface area contributed by atoms with E-state index in [0.29, 0.717) is 18.8 Å². The molecule has 3 nitrogen and oxygen atoms in total. The van der Waals surface area contributed by atoms with Crippen LogP contribution in [0.25, 0.3) is 0 Å². The van der Waals surface area contributed by atoms with E-state index in [1.54, 1.807) is 26.2 Å². The monoisotopic (exact) mass is 227 g/mol. The van der Waals surface area contributed by atoms with Gasteiger partial charge in [0.25, 0.3) is 0 Å². The van der Waals surface area contributed by atoms with Crippen molar-refractivity contribution in [3.63, 3.8) is 0 Å². The third-order valence-corrected chi connectivity index (χ3v) is 2.23. The first-order valence-corrected chi connectivity index (χ1v) is 5.32. The van der Waals surface area contributed by atoms with Crippen LogP contribution in [0.4, 0.5) is 4.39 Å². The van der Waals surface area contributed by atoms with Gasteiger partial charge in [-0.05, 0) is 13.0 Å². The molecule has 16 heavy (non-hydrogen) atoms. The molecule has 90 valence electrons. The second-order valence-electron chi connectivity index (χ2n) is 3.64. The van der Waals surface area contributed by atoms with Gasteiger partial charge >= 0.3 is 0 Å². The van der Waals surface area contributed by atoms with Crippen LogP contribution in [0, 0.1) is 5.82 Å². The lowest BCUT2D eigenvalue weighted by atomic mass is 10.1. The van der Waals surface area contributed by atoms with Crippen LogP contribution in [0.3, 0.4) is 0 Å². The van der Waals surface area contributed by atoms with E-state index in [-0.39, 0.29) is 17.6 Å². The molecule has 0 saturated carbocycles. The Hall–Kier alpha value is -1.13. The lowest BCUT2D eigenvalue weighted by molar-refractivity contribution is 0.170. The minimum absolute atomic E-state index is 0.242.